The summed E-state index contributed by atoms with van der Waals surface area (Å²) < 4.78 is 1.17. The molecule has 2 N–H and O–H groups in total. The Kier molecular flexibility index (Phi) is 4.57. The SMILES string of the molecule is CC(N)c1ccc(N2CCCC(C)(C)CC2)c(Br)c1. The van der Waals surface area contributed by atoms with Crippen LogP contribution in [0.15, 0.2) is 22.7 Å². The second-order valence-corrected chi connectivity index (χ2v) is 7.36. The Morgan fingerprint density at radius 2 is 2.00 bits per heavy atom. The molecule has 106 valence electrons. The Bertz CT molecular complexity index is 440. The molecule has 0 aromatic heterocycles. The molecule has 0 saturated carbocycles. The van der Waals surface area contributed by atoms with E-state index in [9.17, 15) is 0 Å². The number of hydrogen-bond donors (Lipinski definition) is 1. The minimum absolute atomic E-state index is 0.0911. The molecular weight excluding hydrogens is 300 g/mol. The Hall–Kier alpha value is -0.540. The van der Waals surface area contributed by atoms with Gasteiger partial charge in [0, 0.05) is 23.6 Å². The molecule has 1 saturated heterocycles. The van der Waals surface area contributed by atoms with Crippen molar-refractivity contribution in [2.75, 3.05) is 18.0 Å². The van der Waals surface area contributed by atoms with Crippen molar-refractivity contribution >= 4 is 21.6 Å². The summed E-state index contributed by atoms with van der Waals surface area (Å²) in [7, 11) is 0. The van der Waals surface area contributed by atoms with Gasteiger partial charge in [0.05, 0.1) is 5.69 Å². The summed E-state index contributed by atoms with van der Waals surface area (Å²) in [5.74, 6) is 0. The maximum absolute atomic E-state index is 5.94. The number of rotatable bonds is 2. The molecule has 2 nitrogen and oxygen atoms in total. The van der Waals surface area contributed by atoms with Gasteiger partial charge in [-0.3, -0.25) is 0 Å². The first kappa shape index (κ1) is 14.9. The highest BCUT2D eigenvalue weighted by Gasteiger charge is 2.24. The minimum atomic E-state index is 0.0911. The molecule has 0 spiro atoms. The molecule has 1 aliphatic heterocycles. The highest BCUT2D eigenvalue weighted by Crippen LogP contribution is 2.35. The molecule has 0 bridgehead atoms. The van der Waals surface area contributed by atoms with Crippen molar-refractivity contribution in [3.8, 4) is 0 Å². The van der Waals surface area contributed by atoms with E-state index in [2.05, 4.69) is 52.9 Å². The van der Waals surface area contributed by atoms with E-state index in [-0.39, 0.29) is 6.04 Å². The average Bonchev–Trinajstić information content (AvgIpc) is 2.50. The molecular formula is C16H25BrN2. The van der Waals surface area contributed by atoms with E-state index in [1.807, 2.05) is 6.92 Å². The summed E-state index contributed by atoms with van der Waals surface area (Å²) in [5, 5.41) is 0. The second kappa shape index (κ2) is 5.84. The van der Waals surface area contributed by atoms with Crippen LogP contribution in [-0.4, -0.2) is 13.1 Å². The van der Waals surface area contributed by atoms with Gasteiger partial charge < -0.3 is 10.6 Å². The fourth-order valence-corrected chi connectivity index (χ4v) is 3.37. The second-order valence-electron chi connectivity index (χ2n) is 6.50. The van der Waals surface area contributed by atoms with E-state index in [0.29, 0.717) is 5.41 Å². The molecule has 1 aliphatic rings. The van der Waals surface area contributed by atoms with Crippen LogP contribution >= 0.6 is 15.9 Å². The number of benzene rings is 1. The molecule has 1 aromatic carbocycles. The topological polar surface area (TPSA) is 29.3 Å². The Morgan fingerprint density at radius 1 is 1.26 bits per heavy atom. The van der Waals surface area contributed by atoms with Crippen LogP contribution in [0.5, 0.6) is 0 Å². The van der Waals surface area contributed by atoms with Crippen molar-refractivity contribution in [1.82, 2.24) is 0 Å². The summed E-state index contributed by atoms with van der Waals surface area (Å²) in [5.41, 5.74) is 8.91. The zero-order chi connectivity index (χ0) is 14.0. The van der Waals surface area contributed by atoms with E-state index in [1.165, 1.54) is 35.0 Å². The smallest absolute Gasteiger partial charge is 0.0510 e. The number of halogens is 1. The zero-order valence-corrected chi connectivity index (χ0v) is 13.8. The summed E-state index contributed by atoms with van der Waals surface area (Å²) in [6, 6.07) is 6.62. The quantitative estimate of drug-likeness (QED) is 0.868. The standard InChI is InChI=1S/C16H25BrN2/c1-12(18)13-5-6-15(14(17)11-13)19-9-4-7-16(2,3)8-10-19/h5-6,11-12H,4,7-10,18H2,1-3H3. The van der Waals surface area contributed by atoms with Gasteiger partial charge in [-0.05, 0) is 65.2 Å². The van der Waals surface area contributed by atoms with E-state index in [1.54, 1.807) is 0 Å². The first-order valence-corrected chi connectivity index (χ1v) is 7.98. The maximum Gasteiger partial charge on any atom is 0.0510 e. The molecule has 1 atom stereocenters. The third-order valence-corrected chi connectivity index (χ3v) is 4.81. The zero-order valence-electron chi connectivity index (χ0n) is 12.2. The molecule has 1 aromatic rings. The van der Waals surface area contributed by atoms with Crippen LogP contribution in [-0.2, 0) is 0 Å². The highest BCUT2D eigenvalue weighted by molar-refractivity contribution is 9.10. The van der Waals surface area contributed by atoms with Gasteiger partial charge in [0.1, 0.15) is 0 Å². The third-order valence-electron chi connectivity index (χ3n) is 4.18. The van der Waals surface area contributed by atoms with Crippen LogP contribution in [0, 0.1) is 5.41 Å². The van der Waals surface area contributed by atoms with Crippen LogP contribution in [0.4, 0.5) is 5.69 Å². The fraction of sp³-hybridized carbons (Fsp3) is 0.625. The molecule has 3 heteroatoms. The predicted octanol–water partition coefficient (Wildman–Crippen LogP) is 4.49. The van der Waals surface area contributed by atoms with Crippen LogP contribution in [0.25, 0.3) is 0 Å². The normalized spacial score (nSPS) is 21.0. The van der Waals surface area contributed by atoms with E-state index in [4.69, 9.17) is 5.73 Å². The summed E-state index contributed by atoms with van der Waals surface area (Å²) >= 11 is 3.71. The summed E-state index contributed by atoms with van der Waals surface area (Å²) in [4.78, 5) is 2.50. The van der Waals surface area contributed by atoms with Gasteiger partial charge in [0.2, 0.25) is 0 Å². The Labute approximate surface area is 125 Å². The maximum atomic E-state index is 5.94. The van der Waals surface area contributed by atoms with Crippen molar-refractivity contribution in [2.45, 2.75) is 46.1 Å². The van der Waals surface area contributed by atoms with Crippen LogP contribution in [0.2, 0.25) is 0 Å². The van der Waals surface area contributed by atoms with E-state index >= 15 is 0 Å². The lowest BCUT2D eigenvalue weighted by Crippen LogP contribution is -2.25. The largest absolute Gasteiger partial charge is 0.371 e. The average molecular weight is 325 g/mol. The molecule has 19 heavy (non-hydrogen) atoms. The van der Waals surface area contributed by atoms with Gasteiger partial charge >= 0.3 is 0 Å². The van der Waals surface area contributed by atoms with Crippen molar-refractivity contribution in [3.05, 3.63) is 28.2 Å². The van der Waals surface area contributed by atoms with Gasteiger partial charge in [-0.25, -0.2) is 0 Å². The van der Waals surface area contributed by atoms with Gasteiger partial charge in [0.25, 0.3) is 0 Å². The summed E-state index contributed by atoms with van der Waals surface area (Å²) in [6.07, 6.45) is 3.85. The first-order chi connectivity index (χ1) is 8.89. The number of nitrogens with two attached hydrogens (primary N) is 1. The third kappa shape index (κ3) is 3.73. The van der Waals surface area contributed by atoms with E-state index < -0.39 is 0 Å². The van der Waals surface area contributed by atoms with Gasteiger partial charge in [-0.1, -0.05) is 19.9 Å². The minimum Gasteiger partial charge on any atom is -0.371 e. The van der Waals surface area contributed by atoms with Crippen LogP contribution in [0.3, 0.4) is 0 Å². The van der Waals surface area contributed by atoms with Gasteiger partial charge in [0.15, 0.2) is 0 Å². The van der Waals surface area contributed by atoms with Crippen molar-refractivity contribution in [2.24, 2.45) is 11.1 Å². The number of anilines is 1. The Morgan fingerprint density at radius 3 is 2.63 bits per heavy atom. The molecule has 1 heterocycles. The highest BCUT2D eigenvalue weighted by atomic mass is 79.9. The predicted molar refractivity (Wildman–Crippen MR) is 86.6 cm³/mol. The van der Waals surface area contributed by atoms with Gasteiger partial charge in [-0.2, -0.15) is 0 Å². The monoisotopic (exact) mass is 324 g/mol. The van der Waals surface area contributed by atoms with Gasteiger partial charge in [-0.15, -0.1) is 0 Å². The molecule has 1 unspecified atom stereocenters. The molecule has 0 amide bonds. The molecule has 1 fully saturated rings. The van der Waals surface area contributed by atoms with Crippen molar-refractivity contribution in [3.63, 3.8) is 0 Å². The molecule has 0 radical (unpaired) electrons. The lowest BCUT2D eigenvalue weighted by molar-refractivity contribution is 0.325. The first-order valence-electron chi connectivity index (χ1n) is 7.19. The molecule has 0 aliphatic carbocycles. The van der Waals surface area contributed by atoms with Crippen molar-refractivity contribution in [1.29, 1.82) is 0 Å². The van der Waals surface area contributed by atoms with Crippen LogP contribution < -0.4 is 10.6 Å². The number of hydrogen-bond acceptors (Lipinski definition) is 2. The molecule has 2 rings (SSSR count). The Balaban J connectivity index is 2.18. The van der Waals surface area contributed by atoms with Crippen LogP contribution in [0.1, 0.15) is 51.6 Å². The van der Waals surface area contributed by atoms with E-state index in [0.717, 1.165) is 13.1 Å². The fourth-order valence-electron chi connectivity index (χ4n) is 2.73. The summed E-state index contributed by atoms with van der Waals surface area (Å²) in [6.45, 7) is 9.08. The number of nitrogens with zero attached hydrogens (tertiary/aromatic N) is 1. The lowest BCUT2D eigenvalue weighted by atomic mass is 9.85. The lowest BCUT2D eigenvalue weighted by Gasteiger charge is -2.26. The van der Waals surface area contributed by atoms with Crippen molar-refractivity contribution < 1.29 is 0 Å².